The van der Waals surface area contributed by atoms with E-state index in [4.69, 9.17) is 0 Å². The third kappa shape index (κ3) is 2.63. The number of aromatic hydroxyl groups is 2. The van der Waals surface area contributed by atoms with Crippen LogP contribution in [-0.4, -0.2) is 10.2 Å². The quantitative estimate of drug-likeness (QED) is 0.842. The van der Waals surface area contributed by atoms with Gasteiger partial charge in [-0.2, -0.15) is 0 Å². The number of hydrogen-bond donors (Lipinski definition) is 2. The Kier molecular flexibility index (Phi) is 3.75. The van der Waals surface area contributed by atoms with Crippen molar-refractivity contribution in [3.63, 3.8) is 0 Å². The zero-order chi connectivity index (χ0) is 15.9. The second-order valence-corrected chi connectivity index (χ2v) is 6.53. The van der Waals surface area contributed by atoms with Crippen LogP contribution in [0.25, 0.3) is 0 Å². The molecule has 2 heteroatoms. The molecular weight excluding hydrogens is 260 g/mol. The fraction of sp³-hybridized carbons (Fsp3) is 0.368. The second-order valence-electron chi connectivity index (χ2n) is 6.53. The van der Waals surface area contributed by atoms with Crippen LogP contribution in [0.2, 0.25) is 0 Å². The Morgan fingerprint density at radius 3 is 1.10 bits per heavy atom. The van der Waals surface area contributed by atoms with Crippen molar-refractivity contribution in [2.75, 3.05) is 0 Å². The summed E-state index contributed by atoms with van der Waals surface area (Å²) >= 11 is 0. The summed E-state index contributed by atoms with van der Waals surface area (Å²) in [5.41, 5.74) is 6.63. The minimum Gasteiger partial charge on any atom is -0.508 e. The molecular formula is C19H24O2. The first kappa shape index (κ1) is 15.4. The Morgan fingerprint density at radius 2 is 0.857 bits per heavy atom. The molecule has 112 valence electrons. The van der Waals surface area contributed by atoms with Crippen molar-refractivity contribution in [3.05, 3.63) is 57.6 Å². The Morgan fingerprint density at radius 1 is 0.619 bits per heavy atom. The lowest BCUT2D eigenvalue weighted by Crippen LogP contribution is -2.24. The molecule has 0 aliphatic rings. The predicted molar refractivity (Wildman–Crippen MR) is 87.3 cm³/mol. The van der Waals surface area contributed by atoms with Crippen molar-refractivity contribution in [3.8, 4) is 11.5 Å². The standard InChI is InChI=1S/C19H24O2/c1-11-7-15(20)8-12(2)17(11)19(5,6)18-13(3)9-16(21)10-14(18)4/h7-10,20-21H,1-6H3. The van der Waals surface area contributed by atoms with Gasteiger partial charge in [0, 0.05) is 5.41 Å². The van der Waals surface area contributed by atoms with E-state index < -0.39 is 0 Å². The number of aryl methyl sites for hydroxylation is 4. The molecule has 2 rings (SSSR count). The van der Waals surface area contributed by atoms with Gasteiger partial charge in [-0.05, 0) is 85.3 Å². The van der Waals surface area contributed by atoms with Crippen LogP contribution < -0.4 is 0 Å². The van der Waals surface area contributed by atoms with E-state index in [2.05, 4.69) is 13.8 Å². The minimum absolute atomic E-state index is 0.191. The third-order valence-electron chi connectivity index (χ3n) is 4.28. The summed E-state index contributed by atoms with van der Waals surface area (Å²) in [6.45, 7) is 12.5. The summed E-state index contributed by atoms with van der Waals surface area (Å²) in [4.78, 5) is 0. The van der Waals surface area contributed by atoms with Gasteiger partial charge in [0.2, 0.25) is 0 Å². The average molecular weight is 284 g/mol. The van der Waals surface area contributed by atoms with Gasteiger partial charge in [0.15, 0.2) is 0 Å². The predicted octanol–water partition coefficient (Wildman–Crippen LogP) is 4.66. The molecule has 0 bridgehead atoms. The summed E-state index contributed by atoms with van der Waals surface area (Å²) in [7, 11) is 0. The maximum Gasteiger partial charge on any atom is 0.116 e. The van der Waals surface area contributed by atoms with Gasteiger partial charge in [0.1, 0.15) is 11.5 Å². The molecule has 0 aliphatic heterocycles. The summed E-state index contributed by atoms with van der Waals surface area (Å²) in [5.74, 6) is 0.618. The van der Waals surface area contributed by atoms with Crippen LogP contribution in [0.4, 0.5) is 0 Å². The monoisotopic (exact) mass is 284 g/mol. The van der Waals surface area contributed by atoms with Crippen LogP contribution in [0, 0.1) is 27.7 Å². The van der Waals surface area contributed by atoms with Crippen molar-refractivity contribution < 1.29 is 10.2 Å². The summed E-state index contributed by atoms with van der Waals surface area (Å²) < 4.78 is 0. The molecule has 0 amide bonds. The molecule has 0 aromatic heterocycles. The van der Waals surface area contributed by atoms with Crippen molar-refractivity contribution >= 4 is 0 Å². The molecule has 0 fully saturated rings. The van der Waals surface area contributed by atoms with Crippen LogP contribution in [0.3, 0.4) is 0 Å². The topological polar surface area (TPSA) is 40.5 Å². The van der Waals surface area contributed by atoms with Gasteiger partial charge >= 0.3 is 0 Å². The van der Waals surface area contributed by atoms with E-state index in [1.165, 1.54) is 11.1 Å². The fourth-order valence-electron chi connectivity index (χ4n) is 3.98. The molecule has 0 unspecified atom stereocenters. The Hall–Kier alpha value is -1.96. The van der Waals surface area contributed by atoms with Crippen molar-refractivity contribution in [1.29, 1.82) is 0 Å². The number of phenols is 2. The molecule has 21 heavy (non-hydrogen) atoms. The maximum absolute atomic E-state index is 9.77. The Bertz CT molecular complexity index is 591. The summed E-state index contributed by atoms with van der Waals surface area (Å²) in [6, 6.07) is 7.26. The highest BCUT2D eigenvalue weighted by atomic mass is 16.3. The van der Waals surface area contributed by atoms with Gasteiger partial charge < -0.3 is 10.2 Å². The van der Waals surface area contributed by atoms with E-state index in [-0.39, 0.29) is 5.41 Å². The van der Waals surface area contributed by atoms with Crippen molar-refractivity contribution in [2.24, 2.45) is 0 Å². The van der Waals surface area contributed by atoms with Crippen LogP contribution in [0.15, 0.2) is 24.3 Å². The highest BCUT2D eigenvalue weighted by Gasteiger charge is 2.30. The largest absolute Gasteiger partial charge is 0.508 e. The van der Waals surface area contributed by atoms with Gasteiger partial charge in [0.25, 0.3) is 0 Å². The first-order valence-corrected chi connectivity index (χ1v) is 7.26. The van der Waals surface area contributed by atoms with E-state index in [1.54, 1.807) is 0 Å². The van der Waals surface area contributed by atoms with Crippen LogP contribution in [0.1, 0.15) is 47.2 Å². The average Bonchev–Trinajstić information content (AvgIpc) is 2.23. The highest BCUT2D eigenvalue weighted by molar-refractivity contribution is 5.54. The van der Waals surface area contributed by atoms with Gasteiger partial charge in [-0.3, -0.25) is 0 Å². The first-order valence-electron chi connectivity index (χ1n) is 7.26. The molecule has 2 nitrogen and oxygen atoms in total. The number of hydrogen-bond acceptors (Lipinski definition) is 2. The zero-order valence-electron chi connectivity index (χ0n) is 13.7. The van der Waals surface area contributed by atoms with Crippen molar-refractivity contribution in [1.82, 2.24) is 0 Å². The van der Waals surface area contributed by atoms with Crippen molar-refractivity contribution in [2.45, 2.75) is 47.0 Å². The molecule has 0 heterocycles. The summed E-state index contributed by atoms with van der Waals surface area (Å²) in [5, 5.41) is 19.5. The van der Waals surface area contributed by atoms with Crippen LogP contribution >= 0.6 is 0 Å². The third-order valence-corrected chi connectivity index (χ3v) is 4.28. The van der Waals surface area contributed by atoms with E-state index in [9.17, 15) is 10.2 Å². The summed E-state index contributed by atoms with van der Waals surface area (Å²) in [6.07, 6.45) is 0. The molecule has 0 aliphatic carbocycles. The lowest BCUT2D eigenvalue weighted by molar-refractivity contribution is 0.472. The lowest BCUT2D eigenvalue weighted by Gasteiger charge is -2.33. The van der Waals surface area contributed by atoms with E-state index in [0.29, 0.717) is 11.5 Å². The maximum atomic E-state index is 9.77. The number of phenolic OH excluding ortho intramolecular Hbond substituents is 2. The molecule has 0 saturated heterocycles. The molecule has 0 saturated carbocycles. The number of rotatable bonds is 2. The Labute approximate surface area is 127 Å². The fourth-order valence-corrected chi connectivity index (χ4v) is 3.98. The van der Waals surface area contributed by atoms with Crippen LogP contribution in [-0.2, 0) is 5.41 Å². The van der Waals surface area contributed by atoms with Gasteiger partial charge in [-0.1, -0.05) is 13.8 Å². The molecule has 0 spiro atoms. The van der Waals surface area contributed by atoms with E-state index in [0.717, 1.165) is 22.3 Å². The SMILES string of the molecule is Cc1cc(O)cc(C)c1C(C)(C)c1c(C)cc(O)cc1C. The van der Waals surface area contributed by atoms with E-state index in [1.807, 2.05) is 52.0 Å². The molecule has 0 radical (unpaired) electrons. The zero-order valence-corrected chi connectivity index (χ0v) is 13.7. The Balaban J connectivity index is 2.74. The second kappa shape index (κ2) is 5.10. The minimum atomic E-state index is -0.191. The van der Waals surface area contributed by atoms with Crippen LogP contribution in [0.5, 0.6) is 11.5 Å². The normalized spacial score (nSPS) is 11.7. The molecule has 2 N–H and O–H groups in total. The smallest absolute Gasteiger partial charge is 0.116 e. The van der Waals surface area contributed by atoms with Gasteiger partial charge in [-0.15, -0.1) is 0 Å². The lowest BCUT2D eigenvalue weighted by atomic mass is 9.71. The highest BCUT2D eigenvalue weighted by Crippen LogP contribution is 2.41. The molecule has 2 aromatic rings. The van der Waals surface area contributed by atoms with Gasteiger partial charge in [0.05, 0.1) is 0 Å². The molecule has 2 aromatic carbocycles. The first-order chi connectivity index (χ1) is 9.64. The molecule has 0 atom stereocenters. The van der Waals surface area contributed by atoms with Gasteiger partial charge in [-0.25, -0.2) is 0 Å². The number of benzene rings is 2. The van der Waals surface area contributed by atoms with E-state index >= 15 is 0 Å².